The number of fused-ring (bicyclic) bond motifs is 1. The molecule has 0 aliphatic carbocycles. The number of hydrogen-bond acceptors (Lipinski definition) is 6. The van der Waals surface area contributed by atoms with Crippen LogP contribution < -0.4 is 5.32 Å². The van der Waals surface area contributed by atoms with Crippen LogP contribution in [0.15, 0.2) is 54.6 Å². The Morgan fingerprint density at radius 2 is 1.55 bits per heavy atom. The average Bonchev–Trinajstić information content (AvgIpc) is 3.23. The van der Waals surface area contributed by atoms with Gasteiger partial charge in [-0.2, -0.15) is 0 Å². The topological polar surface area (TPSA) is 92.8 Å². The molecular formula is C23H18N2O5S. The quantitative estimate of drug-likeness (QED) is 0.488. The second-order valence-electron chi connectivity index (χ2n) is 6.89. The Balaban J connectivity index is 1.61. The molecule has 8 heteroatoms. The highest BCUT2D eigenvalue weighted by molar-refractivity contribution is 7.17. The Kier molecular flexibility index (Phi) is 5.39. The Labute approximate surface area is 182 Å². The molecule has 4 rings (SSSR count). The molecule has 1 aliphatic rings. The van der Waals surface area contributed by atoms with Gasteiger partial charge in [0.1, 0.15) is 17.1 Å². The molecule has 0 saturated carbocycles. The van der Waals surface area contributed by atoms with Gasteiger partial charge in [0.2, 0.25) is 5.91 Å². The van der Waals surface area contributed by atoms with E-state index in [0.29, 0.717) is 10.6 Å². The lowest BCUT2D eigenvalue weighted by Gasteiger charge is -2.13. The predicted octanol–water partition coefficient (Wildman–Crippen LogP) is 3.74. The molecule has 0 saturated heterocycles. The van der Waals surface area contributed by atoms with Crippen LogP contribution in [0.4, 0.5) is 5.00 Å². The fourth-order valence-corrected chi connectivity index (χ4v) is 4.65. The number of nitrogens with zero attached hydrogens (tertiary/aromatic N) is 1. The Morgan fingerprint density at radius 1 is 0.968 bits per heavy atom. The minimum absolute atomic E-state index is 0.243. The second kappa shape index (κ2) is 8.16. The summed E-state index contributed by atoms with van der Waals surface area (Å²) >= 11 is 1.23. The van der Waals surface area contributed by atoms with Crippen molar-refractivity contribution < 1.29 is 23.9 Å². The Hall–Kier alpha value is -3.78. The number of nitrogens with one attached hydrogen (secondary N) is 1. The van der Waals surface area contributed by atoms with Crippen molar-refractivity contribution in [2.45, 2.75) is 6.92 Å². The summed E-state index contributed by atoms with van der Waals surface area (Å²) in [6.07, 6.45) is 0. The highest BCUT2D eigenvalue weighted by atomic mass is 32.1. The maximum atomic E-state index is 12.7. The van der Waals surface area contributed by atoms with E-state index >= 15 is 0 Å². The molecule has 7 nitrogen and oxygen atoms in total. The zero-order valence-corrected chi connectivity index (χ0v) is 17.6. The third-order valence-electron chi connectivity index (χ3n) is 4.97. The van der Waals surface area contributed by atoms with Gasteiger partial charge in [0.15, 0.2) is 0 Å². The van der Waals surface area contributed by atoms with Crippen molar-refractivity contribution in [3.8, 4) is 11.1 Å². The largest absolute Gasteiger partial charge is 0.465 e. The average molecular weight is 434 g/mol. The van der Waals surface area contributed by atoms with E-state index in [4.69, 9.17) is 4.74 Å². The maximum Gasteiger partial charge on any atom is 0.341 e. The molecule has 1 aromatic heterocycles. The molecule has 0 fully saturated rings. The van der Waals surface area contributed by atoms with E-state index in [-0.39, 0.29) is 16.7 Å². The van der Waals surface area contributed by atoms with E-state index in [2.05, 4.69) is 5.32 Å². The van der Waals surface area contributed by atoms with Crippen LogP contribution in [0.3, 0.4) is 0 Å². The first-order valence-corrected chi connectivity index (χ1v) is 10.3. The van der Waals surface area contributed by atoms with Crippen molar-refractivity contribution >= 4 is 40.0 Å². The molecule has 0 radical (unpaired) electrons. The number of hydrogen-bond donors (Lipinski definition) is 1. The molecule has 31 heavy (non-hydrogen) atoms. The first-order chi connectivity index (χ1) is 14.9. The molecule has 1 N–H and O–H groups in total. The number of thiophene rings is 1. The number of carbonyl (C=O) groups excluding carboxylic acids is 4. The minimum atomic E-state index is -0.584. The predicted molar refractivity (Wildman–Crippen MR) is 116 cm³/mol. The van der Waals surface area contributed by atoms with Crippen molar-refractivity contribution in [3.05, 3.63) is 76.2 Å². The van der Waals surface area contributed by atoms with E-state index in [1.165, 1.54) is 18.4 Å². The Morgan fingerprint density at radius 3 is 2.13 bits per heavy atom. The molecule has 0 bridgehead atoms. The number of aryl methyl sites for hydroxylation is 1. The molecular weight excluding hydrogens is 416 g/mol. The number of ether oxygens (including phenoxy) is 1. The fraction of sp³-hybridized carbons (Fsp3) is 0.130. The van der Waals surface area contributed by atoms with Gasteiger partial charge in [-0.1, -0.05) is 42.5 Å². The van der Waals surface area contributed by atoms with Gasteiger partial charge in [0.05, 0.1) is 18.2 Å². The van der Waals surface area contributed by atoms with E-state index in [9.17, 15) is 19.2 Å². The number of esters is 1. The van der Waals surface area contributed by atoms with E-state index < -0.39 is 30.2 Å². The van der Waals surface area contributed by atoms with Crippen molar-refractivity contribution in [1.29, 1.82) is 0 Å². The van der Waals surface area contributed by atoms with Crippen LogP contribution in [0, 0.1) is 6.92 Å². The van der Waals surface area contributed by atoms with Crippen LogP contribution in [0.1, 0.15) is 36.0 Å². The standard InChI is InChI=1S/C23H18N2O5S/c1-13-18(14-8-4-3-5-9-14)19(23(29)30-2)20(31-13)24-17(26)12-25-21(27)15-10-6-7-11-16(15)22(25)28/h3-11H,12H2,1-2H3,(H,24,26). The van der Waals surface area contributed by atoms with Gasteiger partial charge in [0.25, 0.3) is 11.8 Å². The smallest absolute Gasteiger partial charge is 0.341 e. The summed E-state index contributed by atoms with van der Waals surface area (Å²) in [6, 6.07) is 15.7. The van der Waals surface area contributed by atoms with Gasteiger partial charge in [-0.25, -0.2) is 4.79 Å². The van der Waals surface area contributed by atoms with E-state index in [1.54, 1.807) is 24.3 Å². The molecule has 3 aromatic rings. The molecule has 1 aliphatic heterocycles. The van der Waals surface area contributed by atoms with E-state index in [0.717, 1.165) is 15.3 Å². The molecule has 0 unspecified atom stereocenters. The number of benzene rings is 2. The number of amides is 3. The lowest BCUT2D eigenvalue weighted by atomic mass is 10.0. The number of rotatable bonds is 5. The van der Waals surface area contributed by atoms with Crippen molar-refractivity contribution in [1.82, 2.24) is 4.90 Å². The van der Waals surface area contributed by atoms with Gasteiger partial charge in [0, 0.05) is 10.4 Å². The van der Waals surface area contributed by atoms with Gasteiger partial charge in [-0.3, -0.25) is 19.3 Å². The molecule has 156 valence electrons. The number of imide groups is 1. The summed E-state index contributed by atoms with van der Waals surface area (Å²) in [6.45, 7) is 1.39. The summed E-state index contributed by atoms with van der Waals surface area (Å²) in [4.78, 5) is 52.0. The molecule has 2 aromatic carbocycles. The molecule has 0 spiro atoms. The van der Waals surface area contributed by atoms with Crippen molar-refractivity contribution in [3.63, 3.8) is 0 Å². The maximum absolute atomic E-state index is 12.7. The second-order valence-corrected chi connectivity index (χ2v) is 8.11. The summed E-state index contributed by atoms with van der Waals surface area (Å²) in [5, 5.41) is 2.99. The lowest BCUT2D eigenvalue weighted by molar-refractivity contribution is -0.116. The van der Waals surface area contributed by atoms with Gasteiger partial charge < -0.3 is 10.1 Å². The summed E-state index contributed by atoms with van der Waals surface area (Å²) in [5.41, 5.74) is 2.28. The number of carbonyl (C=O) groups is 4. The normalized spacial score (nSPS) is 12.6. The lowest BCUT2D eigenvalue weighted by Crippen LogP contribution is -2.37. The summed E-state index contributed by atoms with van der Waals surface area (Å²) in [5.74, 6) is -2.20. The van der Waals surface area contributed by atoms with Gasteiger partial charge in [-0.15, -0.1) is 11.3 Å². The van der Waals surface area contributed by atoms with Crippen LogP contribution in [-0.2, 0) is 9.53 Å². The number of methoxy groups -OCH3 is 1. The fourth-order valence-electron chi connectivity index (χ4n) is 3.57. The van der Waals surface area contributed by atoms with Crippen LogP contribution >= 0.6 is 11.3 Å². The zero-order valence-electron chi connectivity index (χ0n) is 16.8. The third kappa shape index (κ3) is 3.62. The minimum Gasteiger partial charge on any atom is -0.465 e. The molecule has 2 heterocycles. The summed E-state index contributed by atoms with van der Waals surface area (Å²) in [7, 11) is 1.27. The monoisotopic (exact) mass is 434 g/mol. The first kappa shape index (κ1) is 20.5. The number of anilines is 1. The Bertz CT molecular complexity index is 1180. The van der Waals surface area contributed by atoms with Crippen LogP contribution in [0.25, 0.3) is 11.1 Å². The zero-order chi connectivity index (χ0) is 22.1. The molecule has 3 amide bonds. The highest BCUT2D eigenvalue weighted by Gasteiger charge is 2.36. The summed E-state index contributed by atoms with van der Waals surface area (Å²) < 4.78 is 4.94. The van der Waals surface area contributed by atoms with Crippen LogP contribution in [0.2, 0.25) is 0 Å². The van der Waals surface area contributed by atoms with Gasteiger partial charge >= 0.3 is 5.97 Å². The van der Waals surface area contributed by atoms with E-state index in [1.807, 2.05) is 37.3 Å². The van der Waals surface area contributed by atoms with Crippen molar-refractivity contribution in [2.75, 3.05) is 19.0 Å². The van der Waals surface area contributed by atoms with Crippen molar-refractivity contribution in [2.24, 2.45) is 0 Å². The van der Waals surface area contributed by atoms with Gasteiger partial charge in [-0.05, 0) is 24.6 Å². The third-order valence-corrected chi connectivity index (χ3v) is 5.99. The highest BCUT2D eigenvalue weighted by Crippen LogP contribution is 2.40. The van der Waals surface area contributed by atoms with Crippen LogP contribution in [0.5, 0.6) is 0 Å². The van der Waals surface area contributed by atoms with Crippen LogP contribution in [-0.4, -0.2) is 42.2 Å². The SMILES string of the molecule is COC(=O)c1c(NC(=O)CN2C(=O)c3ccccc3C2=O)sc(C)c1-c1ccccc1. The molecule has 0 atom stereocenters. The first-order valence-electron chi connectivity index (χ1n) is 9.44.